The lowest BCUT2D eigenvalue weighted by atomic mass is 9.95. The summed E-state index contributed by atoms with van der Waals surface area (Å²) in [5.74, 6) is 0.593. The zero-order chi connectivity index (χ0) is 8.10. The molecule has 0 aromatic carbocycles. The number of hydrogen-bond donors (Lipinski definition) is 1. The van der Waals surface area contributed by atoms with Gasteiger partial charge in [0.2, 0.25) is 0 Å². The lowest BCUT2D eigenvalue weighted by Gasteiger charge is -2.13. The van der Waals surface area contributed by atoms with Crippen LogP contribution in [0, 0.1) is 5.92 Å². The normalized spacial score (nSPS) is 23.5. The first-order valence-electron chi connectivity index (χ1n) is 4.44. The highest BCUT2D eigenvalue weighted by Gasteiger charge is 2.05. The molecule has 11 heavy (non-hydrogen) atoms. The summed E-state index contributed by atoms with van der Waals surface area (Å²) in [4.78, 5) is 0. The third-order valence-corrected chi connectivity index (χ3v) is 2.11. The Balaban J connectivity index is 2.39. The van der Waals surface area contributed by atoms with E-state index in [1.807, 2.05) is 0 Å². The Hall–Kier alpha value is -0.560. The minimum atomic E-state index is 0.593. The fraction of sp³-hybridized carbons (Fsp3) is 0.600. The van der Waals surface area contributed by atoms with Crippen molar-refractivity contribution in [1.82, 2.24) is 0 Å². The van der Waals surface area contributed by atoms with Crippen LogP contribution in [0.3, 0.4) is 0 Å². The Labute approximate surface area is 69.0 Å². The summed E-state index contributed by atoms with van der Waals surface area (Å²) in [5, 5.41) is 0. The third-order valence-electron chi connectivity index (χ3n) is 2.11. The van der Waals surface area contributed by atoms with E-state index in [1.54, 1.807) is 0 Å². The second-order valence-corrected chi connectivity index (χ2v) is 3.12. The molecule has 2 N–H and O–H groups in total. The van der Waals surface area contributed by atoms with Crippen molar-refractivity contribution < 1.29 is 0 Å². The number of allylic oxidation sites excluding steroid dienone is 3. The summed E-state index contributed by atoms with van der Waals surface area (Å²) in [7, 11) is 0. The van der Waals surface area contributed by atoms with Gasteiger partial charge in [0, 0.05) is 0 Å². The van der Waals surface area contributed by atoms with Crippen molar-refractivity contribution >= 4 is 0 Å². The molecule has 1 heteroatoms. The summed E-state index contributed by atoms with van der Waals surface area (Å²) in [6.07, 6.45) is 10.4. The highest BCUT2D eigenvalue weighted by Crippen LogP contribution is 2.18. The van der Waals surface area contributed by atoms with Gasteiger partial charge in [-0.2, -0.15) is 0 Å². The Kier molecular flexibility index (Phi) is 3.37. The van der Waals surface area contributed by atoms with E-state index >= 15 is 0 Å². The van der Waals surface area contributed by atoms with Crippen molar-refractivity contribution in [3.63, 3.8) is 0 Å². The van der Waals surface area contributed by atoms with Gasteiger partial charge in [-0.15, -0.1) is 0 Å². The summed E-state index contributed by atoms with van der Waals surface area (Å²) < 4.78 is 0. The number of hydrogen-bond acceptors (Lipinski definition) is 1. The van der Waals surface area contributed by atoms with E-state index in [-0.39, 0.29) is 0 Å². The average Bonchev–Trinajstić information content (AvgIpc) is 2.07. The molecule has 0 spiro atoms. The Morgan fingerprint density at radius 1 is 1.64 bits per heavy atom. The first-order valence-corrected chi connectivity index (χ1v) is 4.44. The molecule has 0 fully saturated rings. The summed E-state index contributed by atoms with van der Waals surface area (Å²) in [6.45, 7) is 3.00. The van der Waals surface area contributed by atoms with Gasteiger partial charge < -0.3 is 5.73 Å². The van der Waals surface area contributed by atoms with Gasteiger partial charge in [-0.05, 0) is 25.3 Å². The van der Waals surface area contributed by atoms with Crippen LogP contribution in [0.2, 0.25) is 0 Å². The molecule has 1 atom stereocenters. The van der Waals surface area contributed by atoms with Crippen molar-refractivity contribution in [3.05, 3.63) is 23.8 Å². The van der Waals surface area contributed by atoms with Crippen molar-refractivity contribution in [3.8, 4) is 0 Å². The van der Waals surface area contributed by atoms with Gasteiger partial charge in [-0.1, -0.05) is 37.1 Å². The molecule has 0 saturated carbocycles. The van der Waals surface area contributed by atoms with E-state index in [4.69, 9.17) is 5.73 Å². The van der Waals surface area contributed by atoms with Crippen molar-refractivity contribution in [2.75, 3.05) is 6.54 Å². The topological polar surface area (TPSA) is 26.0 Å². The molecule has 0 amide bonds. The zero-order valence-electron chi connectivity index (χ0n) is 7.22. The number of rotatable bonds is 3. The second kappa shape index (κ2) is 4.35. The van der Waals surface area contributed by atoms with Crippen molar-refractivity contribution in [2.24, 2.45) is 11.7 Å². The lowest BCUT2D eigenvalue weighted by molar-refractivity contribution is 0.660. The molecule has 1 aliphatic carbocycles. The van der Waals surface area contributed by atoms with Gasteiger partial charge in [0.1, 0.15) is 0 Å². The van der Waals surface area contributed by atoms with Crippen LogP contribution in [0.1, 0.15) is 26.2 Å². The smallest absolute Gasteiger partial charge is 0.00111 e. The van der Waals surface area contributed by atoms with Crippen LogP contribution >= 0.6 is 0 Å². The van der Waals surface area contributed by atoms with Gasteiger partial charge in [-0.25, -0.2) is 0 Å². The molecular weight excluding hydrogens is 134 g/mol. The van der Waals surface area contributed by atoms with E-state index in [2.05, 4.69) is 25.2 Å². The molecule has 0 bridgehead atoms. The molecular formula is C10H17N. The maximum Gasteiger partial charge on any atom is -0.00111 e. The van der Waals surface area contributed by atoms with Gasteiger partial charge >= 0.3 is 0 Å². The Morgan fingerprint density at radius 3 is 2.91 bits per heavy atom. The molecule has 62 valence electrons. The minimum Gasteiger partial charge on any atom is -0.330 e. The molecule has 1 rings (SSSR count). The predicted octanol–water partition coefficient (Wildman–Crippen LogP) is 2.25. The van der Waals surface area contributed by atoms with Gasteiger partial charge in [0.15, 0.2) is 0 Å². The Bertz CT molecular complexity index is 168. The Morgan fingerprint density at radius 2 is 2.45 bits per heavy atom. The fourth-order valence-electron chi connectivity index (χ4n) is 1.36. The fourth-order valence-corrected chi connectivity index (χ4v) is 1.36. The standard InChI is InChI=1S/C10H17N/c1-2-3-9-4-6-10(8-11)7-5-9/h4-6,10H,2-3,7-8,11H2,1H3. The zero-order valence-corrected chi connectivity index (χ0v) is 7.22. The molecule has 0 aromatic heterocycles. The molecule has 0 aliphatic heterocycles. The molecule has 1 unspecified atom stereocenters. The maximum atomic E-state index is 5.54. The van der Waals surface area contributed by atoms with E-state index in [0.717, 1.165) is 13.0 Å². The van der Waals surface area contributed by atoms with Crippen LogP contribution in [0.15, 0.2) is 23.8 Å². The SMILES string of the molecule is CCCC1=CCC(CN)C=C1. The summed E-state index contributed by atoms with van der Waals surface area (Å²) in [5.41, 5.74) is 7.03. The van der Waals surface area contributed by atoms with Crippen molar-refractivity contribution in [1.29, 1.82) is 0 Å². The summed E-state index contributed by atoms with van der Waals surface area (Å²) in [6, 6.07) is 0. The number of nitrogens with two attached hydrogens (primary N) is 1. The predicted molar refractivity (Wildman–Crippen MR) is 49.3 cm³/mol. The quantitative estimate of drug-likeness (QED) is 0.657. The molecule has 1 aliphatic rings. The largest absolute Gasteiger partial charge is 0.330 e. The highest BCUT2D eigenvalue weighted by atomic mass is 14.5. The minimum absolute atomic E-state index is 0.593. The van der Waals surface area contributed by atoms with Crippen LogP contribution in [0.5, 0.6) is 0 Å². The lowest BCUT2D eigenvalue weighted by Crippen LogP contribution is -2.12. The van der Waals surface area contributed by atoms with Crippen molar-refractivity contribution in [2.45, 2.75) is 26.2 Å². The monoisotopic (exact) mass is 151 g/mol. The van der Waals surface area contributed by atoms with Crippen LogP contribution in [0.4, 0.5) is 0 Å². The third kappa shape index (κ3) is 2.51. The van der Waals surface area contributed by atoms with E-state index in [1.165, 1.54) is 18.4 Å². The average molecular weight is 151 g/mol. The second-order valence-electron chi connectivity index (χ2n) is 3.12. The summed E-state index contributed by atoms with van der Waals surface area (Å²) >= 11 is 0. The van der Waals surface area contributed by atoms with Gasteiger partial charge in [0.05, 0.1) is 0 Å². The van der Waals surface area contributed by atoms with Crippen LogP contribution in [-0.4, -0.2) is 6.54 Å². The van der Waals surface area contributed by atoms with E-state index in [0.29, 0.717) is 5.92 Å². The van der Waals surface area contributed by atoms with E-state index in [9.17, 15) is 0 Å². The molecule has 0 heterocycles. The molecule has 0 aromatic rings. The van der Waals surface area contributed by atoms with Gasteiger partial charge in [0.25, 0.3) is 0 Å². The maximum absolute atomic E-state index is 5.54. The van der Waals surface area contributed by atoms with E-state index < -0.39 is 0 Å². The first-order chi connectivity index (χ1) is 5.36. The molecule has 0 saturated heterocycles. The van der Waals surface area contributed by atoms with Crippen LogP contribution in [0.25, 0.3) is 0 Å². The first kappa shape index (κ1) is 8.54. The highest BCUT2D eigenvalue weighted by molar-refractivity contribution is 5.23. The molecule has 0 radical (unpaired) electrons. The van der Waals surface area contributed by atoms with Crippen LogP contribution in [-0.2, 0) is 0 Å². The van der Waals surface area contributed by atoms with Crippen LogP contribution < -0.4 is 5.73 Å². The molecule has 1 nitrogen and oxygen atoms in total. The van der Waals surface area contributed by atoms with Gasteiger partial charge in [-0.3, -0.25) is 0 Å².